The van der Waals surface area contributed by atoms with Crippen LogP contribution < -0.4 is 0 Å². The molecule has 1 N–H and O–H groups in total. The Morgan fingerprint density at radius 1 is 1.28 bits per heavy atom. The smallest absolute Gasteiger partial charge is 0.160 e. The first-order valence-corrected chi connectivity index (χ1v) is 5.71. The van der Waals surface area contributed by atoms with Gasteiger partial charge in [-0.05, 0) is 24.3 Å². The average Bonchev–Trinajstić information content (AvgIpc) is 2.80. The van der Waals surface area contributed by atoms with Crippen molar-refractivity contribution >= 4 is 28.8 Å². The van der Waals surface area contributed by atoms with E-state index in [4.69, 9.17) is 11.6 Å². The second kappa shape index (κ2) is 4.23. The Morgan fingerprint density at radius 2 is 2.17 bits per heavy atom. The number of benzene rings is 1. The van der Waals surface area contributed by atoms with Gasteiger partial charge in [0.1, 0.15) is 5.15 Å². The summed E-state index contributed by atoms with van der Waals surface area (Å²) in [5, 5.41) is 1.25. The minimum absolute atomic E-state index is 0.393. The number of hydrogen-bond acceptors (Lipinski definition) is 3. The van der Waals surface area contributed by atoms with Gasteiger partial charge in [-0.3, -0.25) is 4.79 Å². The summed E-state index contributed by atoms with van der Waals surface area (Å²) in [7, 11) is 0. The Bertz CT molecular complexity index is 736. The first-order valence-electron chi connectivity index (χ1n) is 5.33. The highest BCUT2D eigenvalue weighted by Crippen LogP contribution is 2.24. The van der Waals surface area contributed by atoms with Crippen molar-refractivity contribution in [2.24, 2.45) is 0 Å². The molecule has 0 aliphatic heterocycles. The third-order valence-corrected chi connectivity index (χ3v) is 2.93. The van der Waals surface area contributed by atoms with Crippen LogP contribution in [0, 0.1) is 0 Å². The molecular weight excluding hydrogens is 250 g/mol. The number of nitrogens with zero attached hydrogens (tertiary/aromatic N) is 2. The van der Waals surface area contributed by atoms with Crippen LogP contribution in [0.2, 0.25) is 5.15 Å². The van der Waals surface area contributed by atoms with Crippen LogP contribution in [0.1, 0.15) is 10.4 Å². The largest absolute Gasteiger partial charge is 0.360 e. The van der Waals surface area contributed by atoms with Gasteiger partial charge in [0.2, 0.25) is 0 Å². The molecule has 0 amide bonds. The van der Waals surface area contributed by atoms with Crippen LogP contribution in [0.3, 0.4) is 0 Å². The van der Waals surface area contributed by atoms with Crippen molar-refractivity contribution in [3.8, 4) is 11.4 Å². The van der Waals surface area contributed by atoms with Gasteiger partial charge in [0.25, 0.3) is 0 Å². The van der Waals surface area contributed by atoms with E-state index >= 15 is 0 Å². The highest BCUT2D eigenvalue weighted by Gasteiger charge is 2.07. The fourth-order valence-electron chi connectivity index (χ4n) is 1.85. The van der Waals surface area contributed by atoms with Gasteiger partial charge < -0.3 is 4.98 Å². The van der Waals surface area contributed by atoms with Crippen LogP contribution in [-0.4, -0.2) is 21.2 Å². The van der Waals surface area contributed by atoms with Gasteiger partial charge in [0, 0.05) is 34.4 Å². The minimum atomic E-state index is 0.393. The van der Waals surface area contributed by atoms with Crippen molar-refractivity contribution in [2.45, 2.75) is 0 Å². The molecule has 3 rings (SSSR count). The van der Waals surface area contributed by atoms with Gasteiger partial charge in [0.05, 0.1) is 0 Å². The molecule has 1 aromatic carbocycles. The number of aromatic amines is 1. The summed E-state index contributed by atoms with van der Waals surface area (Å²) in [6.45, 7) is 0. The summed E-state index contributed by atoms with van der Waals surface area (Å²) in [5.74, 6) is 0.544. The van der Waals surface area contributed by atoms with Crippen molar-refractivity contribution in [3.63, 3.8) is 0 Å². The molecule has 0 radical (unpaired) electrons. The van der Waals surface area contributed by atoms with Crippen LogP contribution in [0.5, 0.6) is 0 Å². The number of rotatable bonds is 2. The SMILES string of the molecule is O=Cc1c[nH]c2ccc(-c3nccc(Cl)n3)cc12. The van der Waals surface area contributed by atoms with Crippen molar-refractivity contribution in [3.05, 3.63) is 47.4 Å². The first-order chi connectivity index (χ1) is 8.78. The van der Waals surface area contributed by atoms with Gasteiger partial charge in [-0.1, -0.05) is 11.6 Å². The number of carbonyl (C=O) groups excluding carboxylic acids is 1. The van der Waals surface area contributed by atoms with E-state index in [9.17, 15) is 4.79 Å². The summed E-state index contributed by atoms with van der Waals surface area (Å²) in [5.41, 5.74) is 2.35. The number of carbonyl (C=O) groups is 1. The van der Waals surface area contributed by atoms with E-state index in [1.54, 1.807) is 18.5 Å². The lowest BCUT2D eigenvalue weighted by Gasteiger charge is -2.00. The van der Waals surface area contributed by atoms with Crippen LogP contribution >= 0.6 is 11.6 Å². The number of nitrogens with one attached hydrogen (secondary N) is 1. The molecule has 0 spiro atoms. The molecule has 2 aromatic heterocycles. The maximum atomic E-state index is 10.9. The van der Waals surface area contributed by atoms with E-state index in [1.807, 2.05) is 18.2 Å². The molecule has 2 heterocycles. The van der Waals surface area contributed by atoms with E-state index in [2.05, 4.69) is 15.0 Å². The van der Waals surface area contributed by atoms with Crippen LogP contribution in [0.4, 0.5) is 0 Å². The zero-order valence-electron chi connectivity index (χ0n) is 9.22. The predicted octanol–water partition coefficient (Wildman–Crippen LogP) is 3.09. The Hall–Kier alpha value is -2.20. The molecule has 0 atom stereocenters. The second-order valence-corrected chi connectivity index (χ2v) is 4.21. The van der Waals surface area contributed by atoms with Crippen LogP contribution in [0.15, 0.2) is 36.7 Å². The van der Waals surface area contributed by atoms with Gasteiger partial charge >= 0.3 is 0 Å². The number of aromatic nitrogens is 3. The summed E-state index contributed by atoms with van der Waals surface area (Å²) < 4.78 is 0. The highest BCUT2D eigenvalue weighted by atomic mass is 35.5. The fraction of sp³-hybridized carbons (Fsp3) is 0. The summed E-state index contributed by atoms with van der Waals surface area (Å²) in [4.78, 5) is 22.3. The van der Waals surface area contributed by atoms with E-state index in [0.717, 1.165) is 22.8 Å². The zero-order valence-corrected chi connectivity index (χ0v) is 9.98. The van der Waals surface area contributed by atoms with Crippen LogP contribution in [0.25, 0.3) is 22.3 Å². The fourth-order valence-corrected chi connectivity index (χ4v) is 1.99. The number of aldehydes is 1. The molecule has 0 saturated carbocycles. The summed E-state index contributed by atoms with van der Waals surface area (Å²) in [6, 6.07) is 7.28. The molecule has 18 heavy (non-hydrogen) atoms. The third kappa shape index (κ3) is 1.76. The molecule has 0 unspecified atom stereocenters. The first kappa shape index (κ1) is 10.9. The Morgan fingerprint density at radius 3 is 2.94 bits per heavy atom. The maximum absolute atomic E-state index is 10.9. The Kier molecular flexibility index (Phi) is 2.57. The number of H-pyrrole nitrogens is 1. The summed E-state index contributed by atoms with van der Waals surface area (Å²) in [6.07, 6.45) is 4.11. The lowest BCUT2D eigenvalue weighted by atomic mass is 10.1. The lowest BCUT2D eigenvalue weighted by molar-refractivity contribution is 0.112. The molecule has 5 heteroatoms. The Balaban J connectivity index is 2.21. The molecule has 0 saturated heterocycles. The molecule has 0 aliphatic rings. The van der Waals surface area contributed by atoms with E-state index in [1.165, 1.54) is 0 Å². The van der Waals surface area contributed by atoms with E-state index < -0.39 is 0 Å². The summed E-state index contributed by atoms with van der Waals surface area (Å²) >= 11 is 5.84. The molecule has 3 aromatic rings. The van der Waals surface area contributed by atoms with Gasteiger partial charge in [-0.25, -0.2) is 9.97 Å². The van der Waals surface area contributed by atoms with Gasteiger partial charge in [-0.2, -0.15) is 0 Å². The highest BCUT2D eigenvalue weighted by molar-refractivity contribution is 6.29. The van der Waals surface area contributed by atoms with Crippen molar-refractivity contribution in [2.75, 3.05) is 0 Å². The van der Waals surface area contributed by atoms with E-state index in [-0.39, 0.29) is 0 Å². The second-order valence-electron chi connectivity index (χ2n) is 3.83. The Labute approximate surface area is 108 Å². The molecular formula is C13H8ClN3O. The molecule has 0 aliphatic carbocycles. The lowest BCUT2D eigenvalue weighted by Crippen LogP contribution is -1.88. The molecule has 0 bridgehead atoms. The molecule has 4 nitrogen and oxygen atoms in total. The number of hydrogen-bond donors (Lipinski definition) is 1. The molecule has 0 fully saturated rings. The normalized spacial score (nSPS) is 10.7. The minimum Gasteiger partial charge on any atom is -0.360 e. The van der Waals surface area contributed by atoms with Gasteiger partial charge in [0.15, 0.2) is 12.1 Å². The van der Waals surface area contributed by atoms with Crippen molar-refractivity contribution in [1.29, 1.82) is 0 Å². The standard InChI is InChI=1S/C13H8ClN3O/c14-12-3-4-15-13(17-12)8-1-2-11-10(5-8)9(7-18)6-16-11/h1-7,16H. The topological polar surface area (TPSA) is 58.6 Å². The van der Waals surface area contributed by atoms with Crippen LogP contribution in [-0.2, 0) is 0 Å². The van der Waals surface area contributed by atoms with Gasteiger partial charge in [-0.15, -0.1) is 0 Å². The number of fused-ring (bicyclic) bond motifs is 1. The number of halogens is 1. The zero-order chi connectivity index (χ0) is 12.5. The van der Waals surface area contributed by atoms with Crippen molar-refractivity contribution < 1.29 is 4.79 Å². The average molecular weight is 258 g/mol. The predicted molar refractivity (Wildman–Crippen MR) is 69.7 cm³/mol. The maximum Gasteiger partial charge on any atom is 0.160 e. The molecule has 88 valence electrons. The van der Waals surface area contributed by atoms with E-state index in [0.29, 0.717) is 16.5 Å². The monoisotopic (exact) mass is 257 g/mol. The third-order valence-electron chi connectivity index (χ3n) is 2.72. The quantitative estimate of drug-likeness (QED) is 0.567. The van der Waals surface area contributed by atoms with Crippen molar-refractivity contribution in [1.82, 2.24) is 15.0 Å².